The van der Waals surface area contributed by atoms with Crippen LogP contribution in [-0.2, 0) is 11.3 Å². The monoisotopic (exact) mass is 517 g/mol. The molecule has 2 aliphatic rings. The fourth-order valence-corrected chi connectivity index (χ4v) is 6.43. The minimum absolute atomic E-state index is 0.113. The smallest absolute Gasteiger partial charge is 0.163 e. The summed E-state index contributed by atoms with van der Waals surface area (Å²) in [4.78, 5) is 13.9. The molecule has 0 saturated heterocycles. The van der Waals surface area contributed by atoms with Crippen molar-refractivity contribution in [3.63, 3.8) is 0 Å². The van der Waals surface area contributed by atoms with E-state index >= 15 is 0 Å². The number of nitrogens with zero attached hydrogens (tertiary/aromatic N) is 1. The number of benzene rings is 4. The number of Topliss-reactive ketones (excluding diaryl/α,β-unsaturated/α-hetero) is 1. The standard InChI is InChI=1S/C33H28ClN3O/c1-2-37-29-10-6-3-7-24(29)25-17-21(13-16-30(25)37)33-32-28(35-26-8-4-5-9-27(26)36-33)18-22(19-31(32)38)20-11-14-23(34)15-12-20/h3-17,22,33,35-36H,2,18-19H2,1H3. The molecule has 0 amide bonds. The average molecular weight is 518 g/mol. The molecular formula is C33H28ClN3O. The van der Waals surface area contributed by atoms with E-state index in [1.165, 1.54) is 21.8 Å². The second-order valence-corrected chi connectivity index (χ2v) is 10.7. The van der Waals surface area contributed by atoms with Gasteiger partial charge in [0.05, 0.1) is 17.4 Å². The van der Waals surface area contributed by atoms with Crippen molar-refractivity contribution in [3.8, 4) is 0 Å². The van der Waals surface area contributed by atoms with Gasteiger partial charge >= 0.3 is 0 Å². The molecule has 2 atom stereocenters. The third kappa shape index (κ3) is 3.71. The van der Waals surface area contributed by atoms with Crippen molar-refractivity contribution in [3.05, 3.63) is 118 Å². The van der Waals surface area contributed by atoms with Crippen molar-refractivity contribution in [2.24, 2.45) is 0 Å². The largest absolute Gasteiger partial charge is 0.372 e. The maximum absolute atomic E-state index is 13.9. The summed E-state index contributed by atoms with van der Waals surface area (Å²) in [6.07, 6.45) is 1.25. The molecule has 38 heavy (non-hydrogen) atoms. The molecule has 2 unspecified atom stereocenters. The van der Waals surface area contributed by atoms with E-state index in [1.54, 1.807) is 0 Å². The highest BCUT2D eigenvalue weighted by molar-refractivity contribution is 6.30. The van der Waals surface area contributed by atoms with Gasteiger partial charge in [0.25, 0.3) is 0 Å². The normalized spacial score (nSPS) is 19.1. The summed E-state index contributed by atoms with van der Waals surface area (Å²) in [5.74, 6) is 0.294. The number of ketones is 1. The summed E-state index contributed by atoms with van der Waals surface area (Å²) in [6.45, 7) is 3.09. The third-order valence-electron chi connectivity index (χ3n) is 8.10. The van der Waals surface area contributed by atoms with Gasteiger partial charge in [0.15, 0.2) is 5.78 Å². The molecule has 0 fully saturated rings. The third-order valence-corrected chi connectivity index (χ3v) is 8.35. The zero-order valence-electron chi connectivity index (χ0n) is 21.2. The zero-order chi connectivity index (χ0) is 25.8. The summed E-state index contributed by atoms with van der Waals surface area (Å²) in [7, 11) is 0. The number of anilines is 2. The number of fused-ring (bicyclic) bond motifs is 4. The van der Waals surface area contributed by atoms with Crippen LogP contribution in [-0.4, -0.2) is 10.4 Å². The lowest BCUT2D eigenvalue weighted by Gasteiger charge is -2.30. The molecule has 2 heterocycles. The maximum atomic E-state index is 13.9. The number of carbonyl (C=O) groups is 1. The lowest BCUT2D eigenvalue weighted by Crippen LogP contribution is -2.26. The number of nitrogens with one attached hydrogen (secondary N) is 2. The first kappa shape index (κ1) is 23.1. The Bertz CT molecular complexity index is 1750. The van der Waals surface area contributed by atoms with Crippen LogP contribution in [0, 0.1) is 0 Å². The van der Waals surface area contributed by atoms with Crippen LogP contribution in [0.1, 0.15) is 42.9 Å². The van der Waals surface area contributed by atoms with Gasteiger partial charge in [0.2, 0.25) is 0 Å². The van der Waals surface area contributed by atoms with Gasteiger partial charge in [0, 0.05) is 51.1 Å². The number of halogens is 1. The van der Waals surface area contributed by atoms with Crippen LogP contribution in [0.2, 0.25) is 5.02 Å². The van der Waals surface area contributed by atoms with Crippen LogP contribution in [0.5, 0.6) is 0 Å². The Kier molecular flexibility index (Phi) is 5.52. The number of allylic oxidation sites excluding steroid dienone is 1. The molecule has 0 spiro atoms. The minimum Gasteiger partial charge on any atom is -0.372 e. The van der Waals surface area contributed by atoms with E-state index in [0.717, 1.165) is 46.7 Å². The Morgan fingerprint density at radius 3 is 2.34 bits per heavy atom. The highest BCUT2D eigenvalue weighted by Gasteiger charge is 2.36. The van der Waals surface area contributed by atoms with Gasteiger partial charge in [0.1, 0.15) is 0 Å². The van der Waals surface area contributed by atoms with Gasteiger partial charge in [-0.1, -0.05) is 60.1 Å². The molecule has 1 aliphatic heterocycles. The van der Waals surface area contributed by atoms with E-state index in [9.17, 15) is 4.79 Å². The number of hydrogen-bond acceptors (Lipinski definition) is 3. The van der Waals surface area contributed by atoms with E-state index in [4.69, 9.17) is 11.6 Å². The van der Waals surface area contributed by atoms with Crippen LogP contribution in [0.25, 0.3) is 21.8 Å². The van der Waals surface area contributed by atoms with E-state index < -0.39 is 0 Å². The number of aromatic nitrogens is 1. The van der Waals surface area contributed by atoms with Gasteiger partial charge < -0.3 is 15.2 Å². The fraction of sp³-hybridized carbons (Fsp3) is 0.182. The second kappa shape index (κ2) is 9.07. The molecule has 188 valence electrons. The summed E-state index contributed by atoms with van der Waals surface area (Å²) < 4.78 is 2.36. The quantitative estimate of drug-likeness (QED) is 0.252. The summed E-state index contributed by atoms with van der Waals surface area (Å²) in [5, 5.41) is 10.6. The highest BCUT2D eigenvalue weighted by Crippen LogP contribution is 2.45. The van der Waals surface area contributed by atoms with Gasteiger partial charge in [-0.2, -0.15) is 0 Å². The maximum Gasteiger partial charge on any atom is 0.163 e. The van der Waals surface area contributed by atoms with Crippen LogP contribution in [0.3, 0.4) is 0 Å². The van der Waals surface area contributed by atoms with E-state index in [1.807, 2.05) is 36.4 Å². The van der Waals surface area contributed by atoms with Gasteiger partial charge in [-0.25, -0.2) is 0 Å². The summed E-state index contributed by atoms with van der Waals surface area (Å²) in [6, 6.07) is 31.1. The van der Waals surface area contributed by atoms with Crippen LogP contribution < -0.4 is 10.6 Å². The molecular weight excluding hydrogens is 490 g/mol. The van der Waals surface area contributed by atoms with Crippen molar-refractivity contribution in [2.45, 2.75) is 38.3 Å². The number of hydrogen-bond donors (Lipinski definition) is 2. The Balaban J connectivity index is 1.38. The zero-order valence-corrected chi connectivity index (χ0v) is 21.9. The van der Waals surface area contributed by atoms with Gasteiger partial charge in [-0.15, -0.1) is 0 Å². The first-order valence-electron chi connectivity index (χ1n) is 13.3. The fourth-order valence-electron chi connectivity index (χ4n) is 6.30. The minimum atomic E-state index is -0.243. The van der Waals surface area contributed by atoms with Crippen molar-refractivity contribution in [1.82, 2.24) is 4.57 Å². The molecule has 4 nitrogen and oxygen atoms in total. The summed E-state index contributed by atoms with van der Waals surface area (Å²) in [5.41, 5.74) is 8.53. The highest BCUT2D eigenvalue weighted by atomic mass is 35.5. The van der Waals surface area contributed by atoms with E-state index in [0.29, 0.717) is 11.4 Å². The lowest BCUT2D eigenvalue weighted by molar-refractivity contribution is -0.116. The summed E-state index contributed by atoms with van der Waals surface area (Å²) >= 11 is 6.14. The number of aryl methyl sites for hydroxylation is 1. The first-order chi connectivity index (χ1) is 18.6. The molecule has 0 bridgehead atoms. The topological polar surface area (TPSA) is 46.1 Å². The molecule has 0 saturated carbocycles. The van der Waals surface area contributed by atoms with Gasteiger partial charge in [-0.05, 0) is 72.9 Å². The number of para-hydroxylation sites is 3. The molecule has 4 aromatic carbocycles. The van der Waals surface area contributed by atoms with Crippen molar-refractivity contribution in [1.29, 1.82) is 0 Å². The predicted octanol–water partition coefficient (Wildman–Crippen LogP) is 8.45. The Morgan fingerprint density at radius 2 is 1.53 bits per heavy atom. The first-order valence-corrected chi connectivity index (χ1v) is 13.6. The lowest BCUT2D eigenvalue weighted by atomic mass is 9.78. The molecule has 1 aromatic heterocycles. The van der Waals surface area contributed by atoms with Gasteiger partial charge in [-0.3, -0.25) is 4.79 Å². The molecule has 7 rings (SSSR count). The van der Waals surface area contributed by atoms with Crippen molar-refractivity contribution in [2.75, 3.05) is 10.6 Å². The number of rotatable bonds is 3. The van der Waals surface area contributed by atoms with E-state index in [2.05, 4.69) is 76.7 Å². The van der Waals surface area contributed by atoms with Crippen LogP contribution in [0.4, 0.5) is 11.4 Å². The average Bonchev–Trinajstić information content (AvgIpc) is 3.15. The van der Waals surface area contributed by atoms with Crippen molar-refractivity contribution < 1.29 is 4.79 Å². The van der Waals surface area contributed by atoms with E-state index in [-0.39, 0.29) is 17.7 Å². The SMILES string of the molecule is CCn1c2ccccc2c2cc(C3Nc4ccccc4NC4=C3C(=O)CC(c3ccc(Cl)cc3)C4)ccc21. The second-order valence-electron chi connectivity index (χ2n) is 10.3. The molecule has 2 N–H and O–H groups in total. The molecule has 0 radical (unpaired) electrons. The molecule has 5 heteroatoms. The predicted molar refractivity (Wildman–Crippen MR) is 157 cm³/mol. The molecule has 5 aromatic rings. The Hall–Kier alpha value is -4.02. The Labute approximate surface area is 226 Å². The number of carbonyl (C=O) groups excluding carboxylic acids is 1. The van der Waals surface area contributed by atoms with Crippen LogP contribution in [0.15, 0.2) is 102 Å². The van der Waals surface area contributed by atoms with Crippen molar-refractivity contribution >= 4 is 50.6 Å². The van der Waals surface area contributed by atoms with Crippen LogP contribution >= 0.6 is 11.6 Å². The Morgan fingerprint density at radius 1 is 0.816 bits per heavy atom. The molecule has 1 aliphatic carbocycles.